The highest BCUT2D eigenvalue weighted by atomic mass is 35.5. The molecule has 0 aliphatic carbocycles. The predicted molar refractivity (Wildman–Crippen MR) is 87.5 cm³/mol. The number of hydrogen-bond acceptors (Lipinski definition) is 7. The van der Waals surface area contributed by atoms with Gasteiger partial charge in [0.25, 0.3) is 0 Å². The van der Waals surface area contributed by atoms with Gasteiger partial charge in [-0.15, -0.1) is 0 Å². The van der Waals surface area contributed by atoms with E-state index in [0.717, 1.165) is 0 Å². The van der Waals surface area contributed by atoms with Crippen molar-refractivity contribution in [2.75, 3.05) is 6.61 Å². The first kappa shape index (κ1) is 18.4. The van der Waals surface area contributed by atoms with E-state index in [1.165, 1.54) is 0 Å². The van der Waals surface area contributed by atoms with Crippen molar-refractivity contribution in [2.45, 2.75) is 44.6 Å². The van der Waals surface area contributed by atoms with Crippen LogP contribution in [-0.2, 0) is 14.2 Å². The van der Waals surface area contributed by atoms with Gasteiger partial charge in [-0.1, -0.05) is 11.6 Å². The standard InChI is InChI=1S/C15H19ClO6S/c1-3-19-14-12(18)13(11(17)8(2)20-14)22-15(23)21-10-6-4-9(16)5-7-10/h4-8,11-14,17-18H,3H2,1-2H3/t8-,11+,12-,13+,14-/m0/s1. The Morgan fingerprint density at radius 2 is 1.91 bits per heavy atom. The second-order valence-electron chi connectivity index (χ2n) is 5.03. The van der Waals surface area contributed by atoms with Gasteiger partial charge >= 0.3 is 5.24 Å². The van der Waals surface area contributed by atoms with Crippen molar-refractivity contribution in [3.8, 4) is 5.75 Å². The summed E-state index contributed by atoms with van der Waals surface area (Å²) < 4.78 is 21.4. The number of hydrogen-bond donors (Lipinski definition) is 2. The molecule has 5 atom stereocenters. The van der Waals surface area contributed by atoms with E-state index in [2.05, 4.69) is 0 Å². The Morgan fingerprint density at radius 1 is 1.26 bits per heavy atom. The molecule has 1 fully saturated rings. The van der Waals surface area contributed by atoms with Crippen LogP contribution in [0.1, 0.15) is 13.8 Å². The van der Waals surface area contributed by atoms with E-state index in [1.807, 2.05) is 0 Å². The molecule has 0 bridgehead atoms. The Labute approximate surface area is 144 Å². The van der Waals surface area contributed by atoms with Crippen LogP contribution in [0.3, 0.4) is 0 Å². The lowest BCUT2D eigenvalue weighted by Crippen LogP contribution is -2.59. The van der Waals surface area contributed by atoms with Crippen LogP contribution >= 0.6 is 23.8 Å². The number of benzene rings is 1. The number of thiocarbonyl (C=S) groups is 1. The molecule has 1 heterocycles. The average molecular weight is 363 g/mol. The van der Waals surface area contributed by atoms with Gasteiger partial charge in [0.1, 0.15) is 18.0 Å². The minimum atomic E-state index is -1.20. The van der Waals surface area contributed by atoms with Crippen LogP contribution in [0, 0.1) is 0 Å². The minimum Gasteiger partial charge on any atom is -0.447 e. The minimum absolute atomic E-state index is 0.222. The highest BCUT2D eigenvalue weighted by Crippen LogP contribution is 2.25. The predicted octanol–water partition coefficient (Wildman–Crippen LogP) is 1.89. The smallest absolute Gasteiger partial charge is 0.358 e. The van der Waals surface area contributed by atoms with Crippen molar-refractivity contribution < 1.29 is 29.2 Å². The molecule has 0 amide bonds. The maximum Gasteiger partial charge on any atom is 0.358 e. The van der Waals surface area contributed by atoms with Gasteiger partial charge in [0.05, 0.1) is 6.10 Å². The van der Waals surface area contributed by atoms with E-state index in [1.54, 1.807) is 38.1 Å². The first-order chi connectivity index (χ1) is 10.9. The Balaban J connectivity index is 2.00. The summed E-state index contributed by atoms with van der Waals surface area (Å²) >= 11 is 10.8. The summed E-state index contributed by atoms with van der Waals surface area (Å²) in [6.45, 7) is 3.78. The first-order valence-electron chi connectivity index (χ1n) is 7.19. The molecule has 23 heavy (non-hydrogen) atoms. The van der Waals surface area contributed by atoms with Crippen molar-refractivity contribution >= 4 is 29.1 Å². The van der Waals surface area contributed by atoms with Gasteiger partial charge in [-0.3, -0.25) is 0 Å². The molecule has 0 unspecified atom stereocenters. The molecule has 0 radical (unpaired) electrons. The molecule has 1 aliphatic rings. The summed E-state index contributed by atoms with van der Waals surface area (Å²) in [7, 11) is 0. The second kappa shape index (κ2) is 8.23. The third kappa shape index (κ3) is 4.76. The highest BCUT2D eigenvalue weighted by molar-refractivity contribution is 7.79. The van der Waals surface area contributed by atoms with Crippen LogP contribution in [-0.4, -0.2) is 52.8 Å². The molecule has 6 nitrogen and oxygen atoms in total. The monoisotopic (exact) mass is 362 g/mol. The van der Waals surface area contributed by atoms with Gasteiger partial charge in [-0.05, 0) is 38.1 Å². The Hall–Kier alpha value is -0.960. The molecule has 1 aromatic carbocycles. The molecule has 128 valence electrons. The van der Waals surface area contributed by atoms with Gasteiger partial charge in [0.2, 0.25) is 0 Å². The van der Waals surface area contributed by atoms with E-state index in [9.17, 15) is 10.2 Å². The van der Waals surface area contributed by atoms with Gasteiger partial charge in [0.15, 0.2) is 12.4 Å². The van der Waals surface area contributed by atoms with E-state index in [4.69, 9.17) is 42.8 Å². The molecule has 2 N–H and O–H groups in total. The fraction of sp³-hybridized carbons (Fsp3) is 0.533. The topological polar surface area (TPSA) is 77.4 Å². The lowest BCUT2D eigenvalue weighted by atomic mass is 10.00. The van der Waals surface area contributed by atoms with Gasteiger partial charge in [0, 0.05) is 23.8 Å². The average Bonchev–Trinajstić information content (AvgIpc) is 2.51. The van der Waals surface area contributed by atoms with Crippen molar-refractivity contribution in [3.05, 3.63) is 29.3 Å². The van der Waals surface area contributed by atoms with Gasteiger partial charge in [-0.25, -0.2) is 0 Å². The van der Waals surface area contributed by atoms with Crippen LogP contribution in [0.25, 0.3) is 0 Å². The zero-order valence-electron chi connectivity index (χ0n) is 12.7. The molecule has 1 aromatic rings. The molecular formula is C15H19ClO6S. The fourth-order valence-corrected chi connectivity index (χ4v) is 2.51. The Morgan fingerprint density at radius 3 is 2.52 bits per heavy atom. The van der Waals surface area contributed by atoms with Crippen molar-refractivity contribution in [1.29, 1.82) is 0 Å². The number of rotatable bonds is 4. The normalized spacial score (nSPS) is 30.7. The molecule has 1 saturated heterocycles. The Kier molecular flexibility index (Phi) is 6.58. The van der Waals surface area contributed by atoms with Crippen LogP contribution < -0.4 is 4.74 Å². The summed E-state index contributed by atoms with van der Waals surface area (Å²) in [5.41, 5.74) is 0. The largest absolute Gasteiger partial charge is 0.447 e. The summed E-state index contributed by atoms with van der Waals surface area (Å²) in [6.07, 6.45) is -4.78. The fourth-order valence-electron chi connectivity index (χ4n) is 2.17. The van der Waals surface area contributed by atoms with E-state index in [0.29, 0.717) is 17.4 Å². The Bertz CT molecular complexity index is 525. The van der Waals surface area contributed by atoms with Crippen molar-refractivity contribution in [1.82, 2.24) is 0 Å². The summed E-state index contributed by atoms with van der Waals surface area (Å²) in [5.74, 6) is 0.435. The first-order valence-corrected chi connectivity index (χ1v) is 7.98. The van der Waals surface area contributed by atoms with Crippen molar-refractivity contribution in [3.63, 3.8) is 0 Å². The highest BCUT2D eigenvalue weighted by Gasteiger charge is 2.45. The maximum atomic E-state index is 10.2. The summed E-state index contributed by atoms with van der Waals surface area (Å²) in [4.78, 5) is 0. The summed E-state index contributed by atoms with van der Waals surface area (Å²) in [6, 6.07) is 6.54. The third-order valence-corrected chi connectivity index (χ3v) is 3.79. The lowest BCUT2D eigenvalue weighted by Gasteiger charge is -2.40. The van der Waals surface area contributed by atoms with E-state index < -0.39 is 30.7 Å². The van der Waals surface area contributed by atoms with Crippen LogP contribution in [0.4, 0.5) is 0 Å². The third-order valence-electron chi connectivity index (χ3n) is 3.36. The number of ether oxygens (including phenoxy) is 4. The number of aliphatic hydroxyl groups is 2. The molecule has 0 aromatic heterocycles. The SMILES string of the molecule is CCO[C@H]1O[C@@H](C)[C@@H](O)[C@@H](OC(=S)Oc2ccc(Cl)cc2)[C@@H]1O. The zero-order valence-corrected chi connectivity index (χ0v) is 14.3. The van der Waals surface area contributed by atoms with Crippen LogP contribution in [0.15, 0.2) is 24.3 Å². The number of aliphatic hydroxyl groups excluding tert-OH is 2. The van der Waals surface area contributed by atoms with Crippen molar-refractivity contribution in [2.24, 2.45) is 0 Å². The van der Waals surface area contributed by atoms with Crippen LogP contribution in [0.5, 0.6) is 5.75 Å². The molecule has 0 spiro atoms. The van der Waals surface area contributed by atoms with Gasteiger partial charge < -0.3 is 29.2 Å². The molecule has 2 rings (SSSR count). The van der Waals surface area contributed by atoms with Crippen LogP contribution in [0.2, 0.25) is 5.02 Å². The van der Waals surface area contributed by atoms with E-state index in [-0.39, 0.29) is 5.24 Å². The molecule has 0 saturated carbocycles. The maximum absolute atomic E-state index is 10.2. The van der Waals surface area contributed by atoms with E-state index >= 15 is 0 Å². The van der Waals surface area contributed by atoms with Gasteiger partial charge in [-0.2, -0.15) is 0 Å². The molecular weight excluding hydrogens is 344 g/mol. The lowest BCUT2D eigenvalue weighted by molar-refractivity contribution is -0.290. The quantitative estimate of drug-likeness (QED) is 0.792. The summed E-state index contributed by atoms with van der Waals surface area (Å²) in [5, 5.41) is 20.7. The zero-order chi connectivity index (χ0) is 17.0. The second-order valence-corrected chi connectivity index (χ2v) is 5.80. The molecule has 8 heteroatoms. The number of halogens is 1. The molecule has 1 aliphatic heterocycles.